The lowest BCUT2D eigenvalue weighted by Gasteiger charge is -2.23. The van der Waals surface area contributed by atoms with Crippen molar-refractivity contribution < 1.29 is 14.3 Å². The fraction of sp³-hybridized carbons (Fsp3) is 0.435. The van der Waals surface area contributed by atoms with Crippen molar-refractivity contribution in [2.24, 2.45) is 0 Å². The molecule has 2 unspecified atom stereocenters. The molecule has 1 amide bonds. The fourth-order valence-electron chi connectivity index (χ4n) is 3.98. The molecule has 7 nitrogen and oxygen atoms in total. The van der Waals surface area contributed by atoms with Gasteiger partial charge in [-0.25, -0.2) is 4.98 Å². The van der Waals surface area contributed by atoms with Crippen LogP contribution in [0.25, 0.3) is 0 Å². The third-order valence-corrected chi connectivity index (χ3v) is 5.55. The number of nitriles is 1. The van der Waals surface area contributed by atoms with Gasteiger partial charge in [-0.15, -0.1) is 0 Å². The summed E-state index contributed by atoms with van der Waals surface area (Å²) in [7, 11) is 0. The van der Waals surface area contributed by atoms with Crippen LogP contribution in [0.5, 0.6) is 11.6 Å². The van der Waals surface area contributed by atoms with E-state index in [0.717, 1.165) is 31.4 Å². The van der Waals surface area contributed by atoms with Gasteiger partial charge in [0.15, 0.2) is 0 Å². The van der Waals surface area contributed by atoms with E-state index in [1.807, 2.05) is 36.4 Å². The van der Waals surface area contributed by atoms with Gasteiger partial charge < -0.3 is 14.4 Å². The van der Waals surface area contributed by atoms with Gasteiger partial charge in [0.2, 0.25) is 11.8 Å². The van der Waals surface area contributed by atoms with Crippen LogP contribution in [0.4, 0.5) is 0 Å². The van der Waals surface area contributed by atoms with Crippen molar-refractivity contribution in [3.63, 3.8) is 0 Å². The average molecular weight is 406 g/mol. The smallest absolute Gasteiger partial charge is 0.237 e. The van der Waals surface area contributed by atoms with Crippen molar-refractivity contribution in [2.45, 2.75) is 38.0 Å². The number of aromatic nitrogens is 1. The Balaban J connectivity index is 1.26. The van der Waals surface area contributed by atoms with Crippen molar-refractivity contribution in [3.05, 3.63) is 54.2 Å². The van der Waals surface area contributed by atoms with E-state index in [4.69, 9.17) is 9.47 Å². The highest BCUT2D eigenvalue weighted by molar-refractivity contribution is 5.79. The normalized spacial score (nSPS) is 21.4. The van der Waals surface area contributed by atoms with Crippen molar-refractivity contribution >= 4 is 5.91 Å². The van der Waals surface area contributed by atoms with Crippen LogP contribution < -0.4 is 9.47 Å². The molecule has 2 aromatic rings. The summed E-state index contributed by atoms with van der Waals surface area (Å²) in [6, 6.07) is 15.6. The van der Waals surface area contributed by atoms with Crippen molar-refractivity contribution in [1.82, 2.24) is 14.8 Å². The van der Waals surface area contributed by atoms with Gasteiger partial charge >= 0.3 is 0 Å². The number of hydrogen-bond acceptors (Lipinski definition) is 6. The van der Waals surface area contributed by atoms with Gasteiger partial charge in [0.25, 0.3) is 0 Å². The first-order valence-electron chi connectivity index (χ1n) is 10.4. The highest BCUT2D eigenvalue weighted by atomic mass is 16.5. The summed E-state index contributed by atoms with van der Waals surface area (Å²) < 4.78 is 11.9. The number of hydrogen-bond donors (Lipinski definition) is 0. The first-order chi connectivity index (χ1) is 14.7. The number of rotatable bonds is 7. The molecule has 7 heteroatoms. The monoisotopic (exact) mass is 406 g/mol. The quantitative estimate of drug-likeness (QED) is 0.703. The number of benzene rings is 1. The topological polar surface area (TPSA) is 78.7 Å². The maximum absolute atomic E-state index is 12.5. The SMILES string of the molecule is N#CC1CCCN1C(=O)CN1CCC(Oc2cc(OCc3ccccc3)ccn2)C1. The van der Waals surface area contributed by atoms with E-state index < -0.39 is 0 Å². The van der Waals surface area contributed by atoms with Gasteiger partial charge in [0, 0.05) is 31.9 Å². The maximum Gasteiger partial charge on any atom is 0.237 e. The molecule has 0 bridgehead atoms. The van der Waals surface area contributed by atoms with E-state index in [0.29, 0.717) is 37.9 Å². The Hall–Kier alpha value is -3.11. The summed E-state index contributed by atoms with van der Waals surface area (Å²) in [5.74, 6) is 1.28. The highest BCUT2D eigenvalue weighted by Crippen LogP contribution is 2.22. The summed E-state index contributed by atoms with van der Waals surface area (Å²) >= 11 is 0. The molecule has 0 aliphatic carbocycles. The number of pyridine rings is 1. The number of ether oxygens (including phenoxy) is 2. The van der Waals surface area contributed by atoms with Gasteiger partial charge in [0.1, 0.15) is 24.5 Å². The summed E-state index contributed by atoms with van der Waals surface area (Å²) in [6.07, 6.45) is 4.19. The lowest BCUT2D eigenvalue weighted by molar-refractivity contribution is -0.132. The van der Waals surface area contributed by atoms with Crippen LogP contribution in [0.15, 0.2) is 48.7 Å². The van der Waals surface area contributed by atoms with Crippen LogP contribution in [0.1, 0.15) is 24.8 Å². The molecular weight excluding hydrogens is 380 g/mol. The second-order valence-corrected chi connectivity index (χ2v) is 7.74. The molecule has 2 fully saturated rings. The van der Waals surface area contributed by atoms with Gasteiger partial charge in [-0.05, 0) is 30.9 Å². The van der Waals surface area contributed by atoms with Gasteiger partial charge in [-0.3, -0.25) is 9.69 Å². The van der Waals surface area contributed by atoms with Crippen LogP contribution in [-0.2, 0) is 11.4 Å². The molecule has 156 valence electrons. The van der Waals surface area contributed by atoms with Crippen molar-refractivity contribution in [1.29, 1.82) is 5.26 Å². The summed E-state index contributed by atoms with van der Waals surface area (Å²) in [6.45, 7) is 2.99. The summed E-state index contributed by atoms with van der Waals surface area (Å²) in [5.41, 5.74) is 1.10. The van der Waals surface area contributed by atoms with E-state index >= 15 is 0 Å². The average Bonchev–Trinajstić information content (AvgIpc) is 3.42. The zero-order valence-electron chi connectivity index (χ0n) is 16.9. The van der Waals surface area contributed by atoms with E-state index in [1.54, 1.807) is 17.2 Å². The number of amides is 1. The van der Waals surface area contributed by atoms with Crippen LogP contribution in [0.2, 0.25) is 0 Å². The number of nitrogens with zero attached hydrogens (tertiary/aromatic N) is 4. The van der Waals surface area contributed by atoms with Crippen LogP contribution >= 0.6 is 0 Å². The number of carbonyl (C=O) groups is 1. The minimum Gasteiger partial charge on any atom is -0.489 e. The zero-order valence-corrected chi connectivity index (χ0v) is 16.9. The zero-order chi connectivity index (χ0) is 20.8. The highest BCUT2D eigenvalue weighted by Gasteiger charge is 2.32. The summed E-state index contributed by atoms with van der Waals surface area (Å²) in [4.78, 5) is 20.6. The molecule has 30 heavy (non-hydrogen) atoms. The molecule has 0 spiro atoms. The predicted molar refractivity (Wildman–Crippen MR) is 111 cm³/mol. The standard InChI is InChI=1S/C23H26N4O3/c24-14-19-7-4-11-27(19)23(28)16-26-12-9-21(15-26)30-22-13-20(8-10-25-22)29-17-18-5-2-1-3-6-18/h1-3,5-6,8,10,13,19,21H,4,7,9,11-12,15-17H2. The number of likely N-dealkylation sites (tertiary alicyclic amines) is 2. The van der Waals surface area contributed by atoms with Gasteiger partial charge in [0.05, 0.1) is 12.6 Å². The van der Waals surface area contributed by atoms with E-state index in [2.05, 4.69) is 16.0 Å². The molecule has 0 N–H and O–H groups in total. The van der Waals surface area contributed by atoms with E-state index in [-0.39, 0.29) is 18.1 Å². The third-order valence-electron chi connectivity index (χ3n) is 5.55. The van der Waals surface area contributed by atoms with Crippen LogP contribution in [-0.4, -0.2) is 59.0 Å². The van der Waals surface area contributed by atoms with Crippen LogP contribution in [0.3, 0.4) is 0 Å². The molecule has 1 aromatic carbocycles. The van der Waals surface area contributed by atoms with E-state index in [1.165, 1.54) is 0 Å². The van der Waals surface area contributed by atoms with Crippen molar-refractivity contribution in [3.8, 4) is 17.7 Å². The second-order valence-electron chi connectivity index (χ2n) is 7.74. The second kappa shape index (κ2) is 9.59. The Bertz CT molecular complexity index is 899. The minimum absolute atomic E-state index is 0.0139. The first kappa shape index (κ1) is 20.2. The molecule has 2 atom stereocenters. The Labute approximate surface area is 176 Å². The molecule has 3 heterocycles. The molecule has 2 aliphatic rings. The molecule has 0 saturated carbocycles. The Morgan fingerprint density at radius 1 is 1.20 bits per heavy atom. The lowest BCUT2D eigenvalue weighted by atomic mass is 10.2. The predicted octanol–water partition coefficient (Wildman–Crippen LogP) is 2.63. The molecule has 0 radical (unpaired) electrons. The molecule has 2 aliphatic heterocycles. The molecule has 4 rings (SSSR count). The maximum atomic E-state index is 12.5. The molecule has 2 saturated heterocycles. The fourth-order valence-corrected chi connectivity index (χ4v) is 3.98. The number of carbonyl (C=O) groups excluding carboxylic acids is 1. The third kappa shape index (κ3) is 5.08. The Kier molecular flexibility index (Phi) is 6.45. The van der Waals surface area contributed by atoms with Gasteiger partial charge in [-0.1, -0.05) is 30.3 Å². The van der Waals surface area contributed by atoms with Crippen LogP contribution in [0, 0.1) is 11.3 Å². The Morgan fingerprint density at radius 2 is 2.07 bits per heavy atom. The van der Waals surface area contributed by atoms with E-state index in [9.17, 15) is 10.1 Å². The lowest BCUT2D eigenvalue weighted by Crippen LogP contribution is -2.42. The first-order valence-corrected chi connectivity index (χ1v) is 10.4. The largest absolute Gasteiger partial charge is 0.489 e. The molecular formula is C23H26N4O3. The summed E-state index contributed by atoms with van der Waals surface area (Å²) in [5, 5.41) is 9.18. The molecule has 1 aromatic heterocycles. The van der Waals surface area contributed by atoms with Crippen molar-refractivity contribution in [2.75, 3.05) is 26.2 Å². The Morgan fingerprint density at radius 3 is 2.90 bits per heavy atom. The van der Waals surface area contributed by atoms with Gasteiger partial charge in [-0.2, -0.15) is 5.26 Å². The minimum atomic E-state index is -0.269.